The maximum Gasteiger partial charge on any atom is 0.221 e. The van der Waals surface area contributed by atoms with Crippen molar-refractivity contribution in [2.45, 2.75) is 27.3 Å². The Hall–Kier alpha value is -2.87. The molecule has 0 aliphatic rings. The predicted molar refractivity (Wildman–Crippen MR) is 96.5 cm³/mol. The fourth-order valence-corrected chi connectivity index (χ4v) is 2.68. The summed E-state index contributed by atoms with van der Waals surface area (Å²) in [6, 6.07) is 7.66. The molecule has 2 rings (SSSR count). The quantitative estimate of drug-likeness (QED) is 0.827. The Balaban J connectivity index is 2.42. The maximum absolute atomic E-state index is 14.9. The van der Waals surface area contributed by atoms with Gasteiger partial charge in [0.2, 0.25) is 5.91 Å². The molecule has 2 aromatic carbocycles. The van der Waals surface area contributed by atoms with Gasteiger partial charge in [0.05, 0.1) is 12.2 Å². The van der Waals surface area contributed by atoms with Crippen LogP contribution in [0.5, 0.6) is 0 Å². The van der Waals surface area contributed by atoms with Gasteiger partial charge in [-0.05, 0) is 43.2 Å². The number of rotatable bonds is 5. The lowest BCUT2D eigenvalue weighted by Gasteiger charge is -2.25. The monoisotopic (exact) mass is 342 g/mol. The highest BCUT2D eigenvalue weighted by Crippen LogP contribution is 2.32. The average Bonchev–Trinajstić information content (AvgIpc) is 2.56. The molecule has 0 saturated carbocycles. The lowest BCUT2D eigenvalue weighted by atomic mass is 10.0. The van der Waals surface area contributed by atoms with Gasteiger partial charge in [-0.3, -0.25) is 4.79 Å². The lowest BCUT2D eigenvalue weighted by Crippen LogP contribution is -2.25. The van der Waals surface area contributed by atoms with E-state index in [1.54, 1.807) is 36.9 Å². The van der Waals surface area contributed by atoms with Crippen molar-refractivity contribution in [2.24, 2.45) is 0 Å². The fraction of sp³-hybridized carbons (Fsp3) is 0.250. The summed E-state index contributed by atoms with van der Waals surface area (Å²) in [5.41, 5.74) is 2.73. The zero-order valence-corrected chi connectivity index (χ0v) is 14.5. The maximum atomic E-state index is 14.9. The Morgan fingerprint density at radius 1 is 1.24 bits per heavy atom. The van der Waals surface area contributed by atoms with Gasteiger partial charge in [-0.15, -0.1) is 6.42 Å². The Bertz CT molecular complexity index is 823. The third-order valence-corrected chi connectivity index (χ3v) is 3.89. The van der Waals surface area contributed by atoms with Crippen molar-refractivity contribution in [2.75, 3.05) is 16.8 Å². The molecule has 0 spiro atoms. The molecule has 0 fully saturated rings. The molecule has 1 N–H and O–H groups in total. The summed E-state index contributed by atoms with van der Waals surface area (Å²) < 4.78 is 28.0. The Morgan fingerprint density at radius 2 is 1.88 bits per heavy atom. The lowest BCUT2D eigenvalue weighted by molar-refractivity contribution is -0.114. The van der Waals surface area contributed by atoms with E-state index in [-0.39, 0.29) is 18.3 Å². The first kappa shape index (κ1) is 18.5. The molecular weight excluding hydrogens is 322 g/mol. The molecule has 0 atom stereocenters. The van der Waals surface area contributed by atoms with Crippen LogP contribution in [0.15, 0.2) is 30.3 Å². The zero-order chi connectivity index (χ0) is 18.6. The normalized spacial score (nSPS) is 10.2. The first-order chi connectivity index (χ1) is 11.8. The largest absolute Gasteiger partial charge is 0.354 e. The smallest absolute Gasteiger partial charge is 0.221 e. The van der Waals surface area contributed by atoms with E-state index in [2.05, 4.69) is 11.2 Å². The molecule has 0 heterocycles. The number of carbonyl (C=O) groups is 1. The van der Waals surface area contributed by atoms with E-state index in [4.69, 9.17) is 6.42 Å². The van der Waals surface area contributed by atoms with Crippen LogP contribution in [0.1, 0.15) is 23.6 Å². The van der Waals surface area contributed by atoms with Gasteiger partial charge in [-0.2, -0.15) is 0 Å². The van der Waals surface area contributed by atoms with E-state index in [1.807, 2.05) is 0 Å². The average molecular weight is 342 g/mol. The van der Waals surface area contributed by atoms with Crippen LogP contribution in [0.4, 0.5) is 20.2 Å². The van der Waals surface area contributed by atoms with E-state index in [0.29, 0.717) is 23.5 Å². The second kappa shape index (κ2) is 7.80. The summed E-state index contributed by atoms with van der Waals surface area (Å²) in [6.07, 6.45) is 5.44. The molecule has 0 saturated heterocycles. The minimum Gasteiger partial charge on any atom is -0.354 e. The minimum absolute atomic E-state index is 0.201. The molecule has 2 aromatic rings. The van der Waals surface area contributed by atoms with Gasteiger partial charge in [0.25, 0.3) is 0 Å². The molecule has 25 heavy (non-hydrogen) atoms. The highest BCUT2D eigenvalue weighted by molar-refractivity contribution is 5.91. The summed E-state index contributed by atoms with van der Waals surface area (Å²) >= 11 is 0. The van der Waals surface area contributed by atoms with Crippen molar-refractivity contribution in [1.82, 2.24) is 0 Å². The molecule has 3 nitrogen and oxygen atoms in total. The van der Waals surface area contributed by atoms with Crippen molar-refractivity contribution < 1.29 is 13.6 Å². The number of hydrogen-bond donors (Lipinski definition) is 1. The second-order valence-corrected chi connectivity index (χ2v) is 5.89. The van der Waals surface area contributed by atoms with Gasteiger partial charge in [-0.25, -0.2) is 8.78 Å². The molecular formula is C20H20F2N2O. The number of anilines is 2. The van der Waals surface area contributed by atoms with E-state index in [1.165, 1.54) is 19.1 Å². The first-order valence-corrected chi connectivity index (χ1v) is 7.83. The highest BCUT2D eigenvalue weighted by Gasteiger charge is 2.18. The number of amides is 1. The van der Waals surface area contributed by atoms with Crippen LogP contribution < -0.4 is 10.2 Å². The predicted octanol–water partition coefficient (Wildman–Crippen LogP) is 4.18. The highest BCUT2D eigenvalue weighted by atomic mass is 19.1. The van der Waals surface area contributed by atoms with Crippen LogP contribution in [-0.4, -0.2) is 12.5 Å². The Morgan fingerprint density at radius 3 is 2.44 bits per heavy atom. The summed E-state index contributed by atoms with van der Waals surface area (Å²) in [5, 5.41) is 2.66. The van der Waals surface area contributed by atoms with E-state index in [9.17, 15) is 13.6 Å². The summed E-state index contributed by atoms with van der Waals surface area (Å²) in [6.45, 7) is 5.34. The molecule has 0 radical (unpaired) electrons. The van der Waals surface area contributed by atoms with Gasteiger partial charge in [-0.1, -0.05) is 18.1 Å². The topological polar surface area (TPSA) is 32.3 Å². The molecule has 5 heteroatoms. The summed E-state index contributed by atoms with van der Waals surface area (Å²) in [7, 11) is 0. The number of nitrogens with one attached hydrogen (secondary N) is 1. The number of terminal acetylenes is 1. The van der Waals surface area contributed by atoms with Crippen LogP contribution in [0.2, 0.25) is 0 Å². The zero-order valence-electron chi connectivity index (χ0n) is 14.5. The van der Waals surface area contributed by atoms with Crippen LogP contribution >= 0.6 is 0 Å². The summed E-state index contributed by atoms with van der Waals surface area (Å²) in [4.78, 5) is 13.0. The molecule has 0 aliphatic carbocycles. The SMILES string of the molecule is C#CCN(Cc1ccc(F)cc1)c1cc(C)c(NC(C)=O)c(C)c1F. The Kier molecular flexibility index (Phi) is 5.76. The minimum atomic E-state index is -0.438. The van der Waals surface area contributed by atoms with Gasteiger partial charge >= 0.3 is 0 Å². The van der Waals surface area contributed by atoms with Crippen LogP contribution in [0.25, 0.3) is 0 Å². The molecule has 1 amide bonds. The number of aryl methyl sites for hydroxylation is 1. The van der Waals surface area contributed by atoms with Crippen molar-refractivity contribution in [3.8, 4) is 12.3 Å². The van der Waals surface area contributed by atoms with Crippen LogP contribution in [0.3, 0.4) is 0 Å². The van der Waals surface area contributed by atoms with Crippen LogP contribution in [0, 0.1) is 37.8 Å². The molecule has 0 unspecified atom stereocenters. The van der Waals surface area contributed by atoms with Gasteiger partial charge in [0.15, 0.2) is 5.82 Å². The van der Waals surface area contributed by atoms with Crippen LogP contribution in [-0.2, 0) is 11.3 Å². The second-order valence-electron chi connectivity index (χ2n) is 5.89. The number of halogens is 2. The molecule has 0 aromatic heterocycles. The number of benzene rings is 2. The van der Waals surface area contributed by atoms with E-state index >= 15 is 0 Å². The molecule has 130 valence electrons. The third kappa shape index (κ3) is 4.36. The van der Waals surface area contributed by atoms with Crippen molar-refractivity contribution in [3.05, 3.63) is 58.7 Å². The fourth-order valence-electron chi connectivity index (χ4n) is 2.68. The van der Waals surface area contributed by atoms with Gasteiger partial charge < -0.3 is 10.2 Å². The van der Waals surface area contributed by atoms with E-state index in [0.717, 1.165) is 11.1 Å². The van der Waals surface area contributed by atoms with Crippen molar-refractivity contribution in [1.29, 1.82) is 0 Å². The summed E-state index contributed by atoms with van der Waals surface area (Å²) in [5.74, 6) is 1.50. The third-order valence-electron chi connectivity index (χ3n) is 3.89. The standard InChI is InChI=1S/C20H20F2N2O/c1-5-10-24(12-16-6-8-17(21)9-7-16)18-11-13(2)20(23-15(4)25)14(3)19(18)22/h1,6-9,11H,10,12H2,2-4H3,(H,23,25). The van der Waals surface area contributed by atoms with Crippen molar-refractivity contribution in [3.63, 3.8) is 0 Å². The van der Waals surface area contributed by atoms with Crippen molar-refractivity contribution >= 4 is 17.3 Å². The number of hydrogen-bond acceptors (Lipinski definition) is 2. The Labute approximate surface area is 146 Å². The molecule has 0 bridgehead atoms. The number of nitrogens with zero attached hydrogens (tertiary/aromatic N) is 1. The van der Waals surface area contributed by atoms with Gasteiger partial charge in [0, 0.05) is 24.7 Å². The number of carbonyl (C=O) groups excluding carboxylic acids is 1. The van der Waals surface area contributed by atoms with Gasteiger partial charge in [0.1, 0.15) is 5.82 Å². The van der Waals surface area contributed by atoms with E-state index < -0.39 is 5.82 Å². The molecule has 0 aliphatic heterocycles. The first-order valence-electron chi connectivity index (χ1n) is 7.83.